The molecular weight excluding hydrogens is 334 g/mol. The van der Waals surface area contributed by atoms with E-state index in [9.17, 15) is 9.59 Å². The zero-order chi connectivity index (χ0) is 18.7. The van der Waals surface area contributed by atoms with E-state index in [4.69, 9.17) is 14.2 Å². The summed E-state index contributed by atoms with van der Waals surface area (Å²) in [5.74, 6) is 0.529. The number of esters is 1. The fourth-order valence-electron chi connectivity index (χ4n) is 2.85. The molecule has 1 aliphatic heterocycles. The summed E-state index contributed by atoms with van der Waals surface area (Å²) in [5.41, 5.74) is 2.81. The standard InChI is InChI=1S/C20H19NO5/c1-4-26-18-7-5-6-17(24-2)15(18)11-14-13-9-8-12(20(23)25-3)10-16(13)21-19(14)22/h5-11H,4H2,1-3H3,(H,21,22)/b14-11+. The average Bonchev–Trinajstić information content (AvgIpc) is 2.97. The highest BCUT2D eigenvalue weighted by Crippen LogP contribution is 2.38. The number of nitrogens with one attached hydrogen (secondary N) is 1. The van der Waals surface area contributed by atoms with E-state index in [1.165, 1.54) is 7.11 Å². The number of benzene rings is 2. The van der Waals surface area contributed by atoms with E-state index in [2.05, 4.69) is 5.32 Å². The van der Waals surface area contributed by atoms with Crippen molar-refractivity contribution in [3.8, 4) is 11.5 Å². The summed E-state index contributed by atoms with van der Waals surface area (Å²) < 4.78 is 15.8. The topological polar surface area (TPSA) is 73.9 Å². The SMILES string of the molecule is CCOc1cccc(OC)c1/C=C1/C(=O)Nc2cc(C(=O)OC)ccc21. The summed E-state index contributed by atoms with van der Waals surface area (Å²) in [7, 11) is 2.88. The molecule has 26 heavy (non-hydrogen) atoms. The molecule has 0 fully saturated rings. The Morgan fingerprint density at radius 3 is 2.62 bits per heavy atom. The largest absolute Gasteiger partial charge is 0.496 e. The van der Waals surface area contributed by atoms with E-state index in [0.717, 1.165) is 0 Å². The maximum atomic E-state index is 12.5. The Labute approximate surface area is 151 Å². The molecule has 3 rings (SSSR count). The van der Waals surface area contributed by atoms with Crippen molar-refractivity contribution in [2.75, 3.05) is 26.1 Å². The van der Waals surface area contributed by atoms with Crippen LogP contribution in [0.1, 0.15) is 28.4 Å². The first kappa shape index (κ1) is 17.5. The van der Waals surface area contributed by atoms with Gasteiger partial charge in [-0.05, 0) is 37.3 Å². The van der Waals surface area contributed by atoms with Gasteiger partial charge in [0.15, 0.2) is 0 Å². The van der Waals surface area contributed by atoms with Crippen LogP contribution in [0.2, 0.25) is 0 Å². The number of amides is 1. The van der Waals surface area contributed by atoms with Crippen LogP contribution in [0.25, 0.3) is 11.6 Å². The smallest absolute Gasteiger partial charge is 0.337 e. The Hall–Kier alpha value is -3.28. The molecule has 0 aliphatic carbocycles. The number of carbonyl (C=O) groups is 2. The molecule has 1 amide bonds. The van der Waals surface area contributed by atoms with Crippen LogP contribution in [0.5, 0.6) is 11.5 Å². The molecule has 134 valence electrons. The predicted octanol–water partition coefficient (Wildman–Crippen LogP) is 3.37. The molecule has 0 atom stereocenters. The lowest BCUT2D eigenvalue weighted by Crippen LogP contribution is -2.05. The molecule has 6 heteroatoms. The third kappa shape index (κ3) is 3.13. The lowest BCUT2D eigenvalue weighted by atomic mass is 10.0. The van der Waals surface area contributed by atoms with Crippen molar-refractivity contribution in [1.29, 1.82) is 0 Å². The minimum atomic E-state index is -0.456. The lowest BCUT2D eigenvalue weighted by molar-refractivity contribution is -0.110. The summed E-state index contributed by atoms with van der Waals surface area (Å²) in [6.07, 6.45) is 1.74. The first-order chi connectivity index (χ1) is 12.6. The van der Waals surface area contributed by atoms with Crippen LogP contribution in [-0.4, -0.2) is 32.7 Å². The fourth-order valence-corrected chi connectivity index (χ4v) is 2.85. The normalized spacial score (nSPS) is 14.0. The molecule has 0 bridgehead atoms. The van der Waals surface area contributed by atoms with Crippen LogP contribution >= 0.6 is 0 Å². The maximum absolute atomic E-state index is 12.5. The number of ether oxygens (including phenoxy) is 3. The highest BCUT2D eigenvalue weighted by molar-refractivity contribution is 6.35. The van der Waals surface area contributed by atoms with Gasteiger partial charge < -0.3 is 19.5 Å². The van der Waals surface area contributed by atoms with Crippen LogP contribution in [0, 0.1) is 0 Å². The van der Waals surface area contributed by atoms with Crippen LogP contribution in [0.15, 0.2) is 36.4 Å². The summed E-state index contributed by atoms with van der Waals surface area (Å²) in [6.45, 7) is 2.39. The molecule has 2 aromatic carbocycles. The monoisotopic (exact) mass is 353 g/mol. The van der Waals surface area contributed by atoms with Gasteiger partial charge in [-0.3, -0.25) is 4.79 Å². The van der Waals surface area contributed by atoms with Crippen molar-refractivity contribution in [3.63, 3.8) is 0 Å². The van der Waals surface area contributed by atoms with E-state index in [1.54, 1.807) is 31.4 Å². The van der Waals surface area contributed by atoms with Gasteiger partial charge in [0.2, 0.25) is 0 Å². The van der Waals surface area contributed by atoms with Crippen molar-refractivity contribution in [3.05, 3.63) is 53.1 Å². The summed E-state index contributed by atoms with van der Waals surface area (Å²) >= 11 is 0. The molecule has 1 N–H and O–H groups in total. The fraction of sp³-hybridized carbons (Fsp3) is 0.200. The molecule has 6 nitrogen and oxygen atoms in total. The summed E-state index contributed by atoms with van der Waals surface area (Å²) in [5, 5.41) is 2.78. The Kier molecular flexibility index (Phi) is 4.93. The number of fused-ring (bicyclic) bond motifs is 1. The van der Waals surface area contributed by atoms with Crippen LogP contribution in [0.3, 0.4) is 0 Å². The molecule has 2 aromatic rings. The molecule has 0 aromatic heterocycles. The van der Waals surface area contributed by atoms with Crippen molar-refractivity contribution in [1.82, 2.24) is 0 Å². The zero-order valence-electron chi connectivity index (χ0n) is 14.8. The van der Waals surface area contributed by atoms with Gasteiger partial charge in [-0.15, -0.1) is 0 Å². The van der Waals surface area contributed by atoms with Crippen molar-refractivity contribution < 1.29 is 23.8 Å². The minimum absolute atomic E-state index is 0.254. The Morgan fingerprint density at radius 2 is 1.92 bits per heavy atom. The zero-order valence-corrected chi connectivity index (χ0v) is 14.8. The highest BCUT2D eigenvalue weighted by Gasteiger charge is 2.26. The van der Waals surface area contributed by atoms with Gasteiger partial charge in [0.25, 0.3) is 5.91 Å². The number of carbonyl (C=O) groups excluding carboxylic acids is 2. The van der Waals surface area contributed by atoms with Crippen LogP contribution in [0.4, 0.5) is 5.69 Å². The van der Waals surface area contributed by atoms with Gasteiger partial charge in [-0.2, -0.15) is 0 Å². The number of rotatable bonds is 5. The number of anilines is 1. The third-order valence-electron chi connectivity index (χ3n) is 4.06. The van der Waals surface area contributed by atoms with E-state index in [-0.39, 0.29) is 5.91 Å². The molecular formula is C20H19NO5. The molecule has 0 saturated heterocycles. The van der Waals surface area contributed by atoms with Crippen LogP contribution < -0.4 is 14.8 Å². The molecule has 1 heterocycles. The van der Waals surface area contributed by atoms with Gasteiger partial charge in [-0.1, -0.05) is 12.1 Å². The first-order valence-corrected chi connectivity index (χ1v) is 8.14. The van der Waals surface area contributed by atoms with Crippen molar-refractivity contribution in [2.45, 2.75) is 6.92 Å². The Bertz CT molecular complexity index is 901. The second-order valence-corrected chi connectivity index (χ2v) is 5.57. The number of hydrogen-bond acceptors (Lipinski definition) is 5. The lowest BCUT2D eigenvalue weighted by Gasteiger charge is -2.12. The molecule has 0 radical (unpaired) electrons. The van der Waals surface area contributed by atoms with Gasteiger partial charge in [-0.25, -0.2) is 4.79 Å². The average molecular weight is 353 g/mol. The summed E-state index contributed by atoms with van der Waals surface area (Å²) in [4.78, 5) is 24.2. The molecule has 1 aliphatic rings. The van der Waals surface area contributed by atoms with E-state index >= 15 is 0 Å². The third-order valence-corrected chi connectivity index (χ3v) is 4.06. The quantitative estimate of drug-likeness (QED) is 0.659. The Balaban J connectivity index is 2.10. The molecule has 0 unspecified atom stereocenters. The van der Waals surface area contributed by atoms with Gasteiger partial charge in [0, 0.05) is 16.8 Å². The molecule has 0 spiro atoms. The number of hydrogen-bond donors (Lipinski definition) is 1. The van der Waals surface area contributed by atoms with Gasteiger partial charge in [0.1, 0.15) is 11.5 Å². The summed E-state index contributed by atoms with van der Waals surface area (Å²) in [6, 6.07) is 10.4. The van der Waals surface area contributed by atoms with E-state index < -0.39 is 5.97 Å². The van der Waals surface area contributed by atoms with E-state index in [0.29, 0.717) is 46.1 Å². The first-order valence-electron chi connectivity index (χ1n) is 8.14. The predicted molar refractivity (Wildman–Crippen MR) is 98.4 cm³/mol. The number of methoxy groups -OCH3 is 2. The highest BCUT2D eigenvalue weighted by atomic mass is 16.5. The van der Waals surface area contributed by atoms with Crippen molar-refractivity contribution in [2.24, 2.45) is 0 Å². The Morgan fingerprint density at radius 1 is 1.15 bits per heavy atom. The maximum Gasteiger partial charge on any atom is 0.337 e. The van der Waals surface area contributed by atoms with E-state index in [1.807, 2.05) is 25.1 Å². The second-order valence-electron chi connectivity index (χ2n) is 5.57. The van der Waals surface area contributed by atoms with Crippen LogP contribution in [-0.2, 0) is 9.53 Å². The minimum Gasteiger partial charge on any atom is -0.496 e. The van der Waals surface area contributed by atoms with Gasteiger partial charge >= 0.3 is 5.97 Å². The van der Waals surface area contributed by atoms with Gasteiger partial charge in [0.05, 0.1) is 32.0 Å². The second kappa shape index (κ2) is 7.31. The van der Waals surface area contributed by atoms with Crippen molar-refractivity contribution >= 4 is 29.2 Å². The molecule has 0 saturated carbocycles.